The summed E-state index contributed by atoms with van der Waals surface area (Å²) in [4.78, 5) is 42.5. The number of fused-ring (bicyclic) bond motifs is 4. The lowest BCUT2D eigenvalue weighted by Crippen LogP contribution is -2.26. The smallest absolute Gasteiger partial charge is 0.407 e. The third kappa shape index (κ3) is 2.97. The number of ether oxygens (including phenoxy) is 1. The van der Waals surface area contributed by atoms with E-state index in [2.05, 4.69) is 4.98 Å². The molecule has 0 radical (unpaired) electrons. The van der Waals surface area contributed by atoms with Crippen LogP contribution in [0.1, 0.15) is 40.2 Å². The molecule has 1 amide bonds. The summed E-state index contributed by atoms with van der Waals surface area (Å²) in [7, 11) is 0. The van der Waals surface area contributed by atoms with Crippen molar-refractivity contribution < 1.29 is 19.4 Å². The highest BCUT2D eigenvalue weighted by molar-refractivity contribution is 6.00. The van der Waals surface area contributed by atoms with Crippen LogP contribution >= 0.6 is 0 Å². The maximum absolute atomic E-state index is 13.0. The van der Waals surface area contributed by atoms with E-state index in [4.69, 9.17) is 4.74 Å². The molecule has 1 N–H and O–H groups in total. The molecular weight excluding hydrogens is 372 g/mol. The molecule has 1 aromatic carbocycles. The maximum atomic E-state index is 13.0. The van der Waals surface area contributed by atoms with Gasteiger partial charge < -0.3 is 14.7 Å². The summed E-state index contributed by atoms with van der Waals surface area (Å²) in [6.07, 6.45) is 2.59. The predicted molar refractivity (Wildman–Crippen MR) is 105 cm³/mol. The zero-order chi connectivity index (χ0) is 20.1. The quantitative estimate of drug-likeness (QED) is 0.802. The molecule has 148 valence electrons. The molecule has 2 aromatic rings. The second-order valence-corrected chi connectivity index (χ2v) is 7.91. The summed E-state index contributed by atoms with van der Waals surface area (Å²) >= 11 is 0. The number of likely N-dealkylation sites (tertiary alicyclic amines) is 1. The summed E-state index contributed by atoms with van der Waals surface area (Å²) in [6.45, 7) is 1.29. The van der Waals surface area contributed by atoms with E-state index in [9.17, 15) is 19.5 Å². The molecule has 1 aromatic heterocycles. The fourth-order valence-electron chi connectivity index (χ4n) is 4.78. The number of benzene rings is 1. The molecule has 7 nitrogen and oxygen atoms in total. The topological polar surface area (TPSA) is 96.8 Å². The molecular formula is C22H20N2O5. The Hall–Kier alpha value is -3.22. The van der Waals surface area contributed by atoms with Crippen molar-refractivity contribution in [2.45, 2.75) is 25.2 Å². The molecule has 3 aliphatic rings. The van der Waals surface area contributed by atoms with E-state index in [0.29, 0.717) is 55.1 Å². The van der Waals surface area contributed by atoms with Crippen molar-refractivity contribution in [2.24, 2.45) is 5.92 Å². The summed E-state index contributed by atoms with van der Waals surface area (Å²) in [5, 5.41) is 9.33. The van der Waals surface area contributed by atoms with Crippen LogP contribution in [0.4, 0.5) is 4.79 Å². The fourth-order valence-corrected chi connectivity index (χ4v) is 4.78. The number of nitrogens with zero attached hydrogens (tertiary/aromatic N) is 2. The first kappa shape index (κ1) is 17.8. The number of aromatic nitrogens is 1. The molecule has 1 aliphatic carbocycles. The average Bonchev–Trinajstić information content (AvgIpc) is 3.08. The van der Waals surface area contributed by atoms with Crippen molar-refractivity contribution in [3.05, 3.63) is 57.4 Å². The van der Waals surface area contributed by atoms with Crippen LogP contribution in [0.15, 0.2) is 35.3 Å². The molecule has 3 heterocycles. The van der Waals surface area contributed by atoms with Crippen molar-refractivity contribution in [1.82, 2.24) is 9.88 Å². The normalized spacial score (nSPS) is 22.3. The minimum Gasteiger partial charge on any atom is -0.492 e. The first-order valence-corrected chi connectivity index (χ1v) is 9.82. The van der Waals surface area contributed by atoms with Gasteiger partial charge in [0.2, 0.25) is 0 Å². The monoisotopic (exact) mass is 392 g/mol. The van der Waals surface area contributed by atoms with Gasteiger partial charge >= 0.3 is 6.09 Å². The van der Waals surface area contributed by atoms with Gasteiger partial charge in [0.25, 0.3) is 0 Å². The molecule has 2 atom stereocenters. The molecule has 0 saturated carbocycles. The van der Waals surface area contributed by atoms with E-state index in [0.717, 1.165) is 17.5 Å². The van der Waals surface area contributed by atoms with Crippen LogP contribution in [0.3, 0.4) is 0 Å². The molecule has 5 rings (SSSR count). The number of hydrogen-bond acceptors (Lipinski definition) is 5. The summed E-state index contributed by atoms with van der Waals surface area (Å²) in [6, 6.07) is 6.82. The van der Waals surface area contributed by atoms with Crippen LogP contribution in [0, 0.1) is 5.92 Å². The third-order valence-corrected chi connectivity index (χ3v) is 6.29. The van der Waals surface area contributed by atoms with Gasteiger partial charge in [0.15, 0.2) is 11.2 Å². The van der Waals surface area contributed by atoms with E-state index in [-0.39, 0.29) is 23.0 Å². The van der Waals surface area contributed by atoms with Crippen molar-refractivity contribution in [1.29, 1.82) is 0 Å². The third-order valence-electron chi connectivity index (χ3n) is 6.29. The van der Waals surface area contributed by atoms with Gasteiger partial charge in [0.1, 0.15) is 5.75 Å². The van der Waals surface area contributed by atoms with Gasteiger partial charge in [0.05, 0.1) is 17.9 Å². The van der Waals surface area contributed by atoms with Gasteiger partial charge in [-0.2, -0.15) is 0 Å². The Balaban J connectivity index is 1.57. The van der Waals surface area contributed by atoms with E-state index < -0.39 is 6.09 Å². The first-order valence-electron chi connectivity index (χ1n) is 9.82. The van der Waals surface area contributed by atoms with Gasteiger partial charge in [-0.15, -0.1) is 0 Å². The van der Waals surface area contributed by atoms with E-state index in [1.165, 1.54) is 11.0 Å². The molecule has 1 saturated heterocycles. The highest BCUT2D eigenvalue weighted by atomic mass is 16.5. The second-order valence-electron chi connectivity index (χ2n) is 7.91. The van der Waals surface area contributed by atoms with Crippen LogP contribution in [-0.2, 0) is 6.42 Å². The Labute approximate surface area is 167 Å². The van der Waals surface area contributed by atoms with Crippen molar-refractivity contribution in [3.8, 4) is 17.0 Å². The predicted octanol–water partition coefficient (Wildman–Crippen LogP) is 2.71. The minimum absolute atomic E-state index is 0.00816. The van der Waals surface area contributed by atoms with Gasteiger partial charge in [-0.05, 0) is 42.5 Å². The molecule has 2 aliphatic heterocycles. The highest BCUT2D eigenvalue weighted by Crippen LogP contribution is 2.40. The van der Waals surface area contributed by atoms with Gasteiger partial charge in [-0.25, -0.2) is 4.79 Å². The molecule has 0 spiro atoms. The summed E-state index contributed by atoms with van der Waals surface area (Å²) < 4.78 is 5.53. The number of rotatable bonds is 1. The summed E-state index contributed by atoms with van der Waals surface area (Å²) in [5.41, 5.74) is 3.23. The SMILES string of the molecule is O=C1CCOc2ccc(-c3cc(=O)c4c(cn3)C3CN(C(=O)O)CC3CC4)cc21. The Bertz CT molecular complexity index is 1100. The van der Waals surface area contributed by atoms with Gasteiger partial charge in [-0.3, -0.25) is 14.6 Å². The molecule has 29 heavy (non-hydrogen) atoms. The largest absolute Gasteiger partial charge is 0.492 e. The van der Waals surface area contributed by atoms with Crippen LogP contribution < -0.4 is 10.2 Å². The van der Waals surface area contributed by atoms with Crippen molar-refractivity contribution >= 4 is 11.9 Å². The number of amides is 1. The highest BCUT2D eigenvalue weighted by Gasteiger charge is 2.40. The van der Waals surface area contributed by atoms with Gasteiger partial charge in [0, 0.05) is 48.8 Å². The Morgan fingerprint density at radius 3 is 2.86 bits per heavy atom. The zero-order valence-corrected chi connectivity index (χ0v) is 15.8. The van der Waals surface area contributed by atoms with E-state index in [1.807, 2.05) is 6.07 Å². The Kier molecular flexibility index (Phi) is 4.12. The number of carboxylic acid groups (broad SMARTS) is 1. The van der Waals surface area contributed by atoms with E-state index >= 15 is 0 Å². The van der Waals surface area contributed by atoms with Gasteiger partial charge in [-0.1, -0.05) is 0 Å². The molecule has 1 fully saturated rings. The second kappa shape index (κ2) is 6.69. The molecule has 0 bridgehead atoms. The van der Waals surface area contributed by atoms with Crippen LogP contribution in [0.5, 0.6) is 5.75 Å². The number of carbonyl (C=O) groups is 2. The Morgan fingerprint density at radius 1 is 1.17 bits per heavy atom. The average molecular weight is 392 g/mol. The number of Topliss-reactive ketones (excluding diaryl/α,β-unsaturated/α-hetero) is 1. The van der Waals surface area contributed by atoms with Crippen LogP contribution in [0.25, 0.3) is 11.3 Å². The van der Waals surface area contributed by atoms with Crippen molar-refractivity contribution in [3.63, 3.8) is 0 Å². The number of ketones is 1. The maximum Gasteiger partial charge on any atom is 0.407 e. The lowest BCUT2D eigenvalue weighted by atomic mass is 9.78. The lowest BCUT2D eigenvalue weighted by Gasteiger charge is -2.24. The number of hydrogen-bond donors (Lipinski definition) is 1. The minimum atomic E-state index is -0.918. The van der Waals surface area contributed by atoms with E-state index in [1.54, 1.807) is 18.3 Å². The molecule has 2 unspecified atom stereocenters. The Morgan fingerprint density at radius 2 is 2.03 bits per heavy atom. The standard InChI is InChI=1S/C22H20N2O5/c25-19-5-6-29-21-4-2-12(7-15(19)21)18-8-20(26)14-3-1-13-10-24(22(27)28)11-17(13)16(14)9-23-18/h2,4,7-9,13,17H,1,3,5-6,10-11H2,(H,27,28). The van der Waals surface area contributed by atoms with Crippen LogP contribution in [0.2, 0.25) is 0 Å². The van der Waals surface area contributed by atoms with Crippen LogP contribution in [-0.4, -0.2) is 46.6 Å². The zero-order valence-electron chi connectivity index (χ0n) is 15.8. The van der Waals surface area contributed by atoms with Crippen molar-refractivity contribution in [2.75, 3.05) is 19.7 Å². The number of carbonyl (C=O) groups excluding carboxylic acids is 1. The lowest BCUT2D eigenvalue weighted by molar-refractivity contribution is 0.0933. The fraction of sp³-hybridized carbons (Fsp3) is 0.364. The molecule has 7 heteroatoms. The summed E-state index contributed by atoms with van der Waals surface area (Å²) in [5.74, 6) is 0.824. The first-order chi connectivity index (χ1) is 14.0.